The van der Waals surface area contributed by atoms with Crippen LogP contribution in [0.2, 0.25) is 0 Å². The number of aromatic nitrogens is 2. The Morgan fingerprint density at radius 2 is 1.60 bits per heavy atom. The van der Waals surface area contributed by atoms with E-state index in [1.807, 2.05) is 52.3 Å². The van der Waals surface area contributed by atoms with Crippen LogP contribution in [0.3, 0.4) is 0 Å². The Labute approximate surface area is 449 Å². The van der Waals surface area contributed by atoms with E-state index in [-0.39, 0.29) is 103 Å². The average Bonchev–Trinajstić information content (AvgIpc) is 4.04. The zero-order chi connectivity index (χ0) is 56.2. The lowest BCUT2D eigenvalue weighted by molar-refractivity contribution is -0.870. The molecule has 422 valence electrons. The molecule has 5 heterocycles. The topological polar surface area (TPSA) is 258 Å². The summed E-state index contributed by atoms with van der Waals surface area (Å²) in [4.78, 5) is 116. The molecule has 0 spiro atoms. The molecule has 6 rings (SSSR count). The van der Waals surface area contributed by atoms with Crippen LogP contribution in [0.25, 0.3) is 22.3 Å². The lowest BCUT2D eigenvalue weighted by Gasteiger charge is -2.37. The van der Waals surface area contributed by atoms with Crippen molar-refractivity contribution < 1.29 is 71.2 Å². The maximum absolute atomic E-state index is 14.5. The second kappa shape index (κ2) is 26.2. The third-order valence-electron chi connectivity index (χ3n) is 13.5. The van der Waals surface area contributed by atoms with E-state index in [4.69, 9.17) is 38.1 Å². The van der Waals surface area contributed by atoms with E-state index in [1.165, 1.54) is 4.90 Å². The van der Waals surface area contributed by atoms with Crippen LogP contribution in [0.1, 0.15) is 103 Å². The van der Waals surface area contributed by atoms with Crippen molar-refractivity contribution in [3.05, 3.63) is 62.9 Å². The molecule has 2 aromatic heterocycles. The number of benzene rings is 1. The normalized spacial score (nSPS) is 17.7. The molecule has 0 aliphatic carbocycles. The monoisotopic (exact) mass is 1080 g/mol. The van der Waals surface area contributed by atoms with Gasteiger partial charge in [-0.15, -0.1) is 0 Å². The van der Waals surface area contributed by atoms with Crippen molar-refractivity contribution in [2.75, 3.05) is 87.0 Å². The van der Waals surface area contributed by atoms with Gasteiger partial charge in [-0.25, -0.2) is 19.4 Å². The summed E-state index contributed by atoms with van der Waals surface area (Å²) in [7, 11) is 5.79. The number of hydrogen-bond acceptors (Lipinski definition) is 16. The Morgan fingerprint density at radius 3 is 2.26 bits per heavy atom. The summed E-state index contributed by atoms with van der Waals surface area (Å²) in [5.74, 6) is -5.10. The number of fused-ring (bicyclic) bond motifs is 5. The van der Waals surface area contributed by atoms with Crippen molar-refractivity contribution in [1.29, 1.82) is 0 Å². The lowest BCUT2D eigenvalue weighted by Crippen LogP contribution is -2.57. The number of likely N-dealkylation sites (tertiary alicyclic amines) is 1. The van der Waals surface area contributed by atoms with Crippen LogP contribution in [0.15, 0.2) is 35.1 Å². The number of para-hydroxylation sites is 1. The molecule has 4 amide bonds. The third-order valence-corrected chi connectivity index (χ3v) is 13.5. The zero-order valence-corrected chi connectivity index (χ0v) is 46.3. The van der Waals surface area contributed by atoms with E-state index < -0.39 is 88.9 Å². The van der Waals surface area contributed by atoms with Crippen LogP contribution in [-0.2, 0) is 87.1 Å². The van der Waals surface area contributed by atoms with Gasteiger partial charge >= 0.3 is 24.0 Å². The third kappa shape index (κ3) is 15.2. The highest BCUT2D eigenvalue weighted by Gasteiger charge is 2.52. The largest absolute Gasteiger partial charge is 0.460 e. The first-order chi connectivity index (χ1) is 36.5. The molecule has 4 atom stereocenters. The van der Waals surface area contributed by atoms with Crippen LogP contribution in [0.4, 0.5) is 4.79 Å². The van der Waals surface area contributed by atoms with Crippen molar-refractivity contribution in [3.8, 4) is 11.4 Å². The number of aryl methyl sites for hydroxylation is 1. The number of hydrogen-bond donors (Lipinski definition) is 3. The molecule has 3 aliphatic rings. The summed E-state index contributed by atoms with van der Waals surface area (Å²) >= 11 is 0. The average molecular weight is 1080 g/mol. The number of nitrogens with one attached hydrogen (secondary N) is 3. The number of rotatable bonds is 26. The van der Waals surface area contributed by atoms with E-state index in [2.05, 4.69) is 16.0 Å². The van der Waals surface area contributed by atoms with Crippen molar-refractivity contribution in [3.63, 3.8) is 0 Å². The van der Waals surface area contributed by atoms with Crippen LogP contribution < -0.4 is 21.5 Å². The van der Waals surface area contributed by atoms with Crippen LogP contribution in [-0.4, -0.2) is 171 Å². The van der Waals surface area contributed by atoms with Gasteiger partial charge in [0.25, 0.3) is 5.56 Å². The molecular formula is C55H78N7O15+. The van der Waals surface area contributed by atoms with E-state index in [9.17, 15) is 38.4 Å². The number of carbonyl (C=O) groups is 7. The fraction of sp³-hybridized carbons (Fsp3) is 0.618. The number of quaternary nitrogens is 1. The molecule has 0 bridgehead atoms. The number of cyclic esters (lactones) is 1. The molecule has 1 aromatic carbocycles. The number of esters is 3. The van der Waals surface area contributed by atoms with E-state index in [0.29, 0.717) is 35.3 Å². The van der Waals surface area contributed by atoms with Gasteiger partial charge in [0.2, 0.25) is 23.3 Å². The lowest BCUT2D eigenvalue weighted by atomic mass is 9.85. The summed E-state index contributed by atoms with van der Waals surface area (Å²) in [6.07, 6.45) is -0.00284. The van der Waals surface area contributed by atoms with E-state index >= 15 is 0 Å². The van der Waals surface area contributed by atoms with Gasteiger partial charge in [0.05, 0.1) is 96.2 Å². The van der Waals surface area contributed by atoms with Crippen molar-refractivity contribution in [1.82, 2.24) is 30.4 Å². The molecule has 0 unspecified atom stereocenters. The van der Waals surface area contributed by atoms with Crippen LogP contribution in [0, 0.1) is 5.92 Å². The Hall–Kier alpha value is -6.49. The fourth-order valence-electron chi connectivity index (χ4n) is 9.53. The minimum Gasteiger partial charge on any atom is -0.460 e. The first kappa shape index (κ1) is 59.7. The highest BCUT2D eigenvalue weighted by Crippen LogP contribution is 2.42. The molecule has 3 N–H and O–H groups in total. The highest BCUT2D eigenvalue weighted by atomic mass is 16.6. The van der Waals surface area contributed by atoms with Crippen LogP contribution in [0.5, 0.6) is 0 Å². The van der Waals surface area contributed by atoms with Crippen molar-refractivity contribution >= 4 is 52.6 Å². The molecule has 77 heavy (non-hydrogen) atoms. The second-order valence-electron chi connectivity index (χ2n) is 21.8. The molecular weight excluding hydrogens is 999 g/mol. The smallest absolute Gasteiger partial charge is 0.407 e. The fourth-order valence-corrected chi connectivity index (χ4v) is 9.53. The quantitative estimate of drug-likeness (QED) is 0.0352. The first-order valence-corrected chi connectivity index (χ1v) is 26.6. The molecule has 3 aromatic rings. The number of carbonyl (C=O) groups excluding carboxylic acids is 7. The maximum Gasteiger partial charge on any atom is 0.407 e. The van der Waals surface area contributed by atoms with Crippen molar-refractivity contribution in [2.24, 2.45) is 5.92 Å². The van der Waals surface area contributed by atoms with Gasteiger partial charge in [-0.3, -0.25) is 24.0 Å². The van der Waals surface area contributed by atoms with Gasteiger partial charge < -0.3 is 63.1 Å². The van der Waals surface area contributed by atoms with Crippen molar-refractivity contribution in [2.45, 2.75) is 129 Å². The standard InChI is InChI=1S/C55H77N7O15/c1-11-35-36-16-13-14-17-40(36)58-47-37(35)32-61-43(47)30-39-38(49(61)66)33-75-52(69)55(39,12-2)76-51(68)46(34(3)4)59-48(65)42-18-15-21-60(42)50(67)41(31-45(64)74-25-22-62(8,9)10)57-44(63)19-23-71-26-28-73-29-27-72-24-20-56-53(70)77-54(5,6)7/h13-14,16-17,30,34,41-42,46H,11-12,15,18-29,31-33H2,1-10H3,(H2-,56,57,59,63,65,70)/p+1/t41-,42-,46-,55-/m0/s1. The van der Waals surface area contributed by atoms with E-state index in [0.717, 1.165) is 22.0 Å². The maximum atomic E-state index is 14.5. The molecule has 3 aliphatic heterocycles. The predicted molar refractivity (Wildman–Crippen MR) is 281 cm³/mol. The number of nitrogens with zero attached hydrogens (tertiary/aromatic N) is 4. The first-order valence-electron chi connectivity index (χ1n) is 26.6. The summed E-state index contributed by atoms with van der Waals surface area (Å²) in [6.45, 7) is 14.4. The predicted octanol–water partition coefficient (Wildman–Crippen LogP) is 3.41. The SMILES string of the molecule is CCc1c2c(nc3ccccc13)-c1cc3c(c(=O)n1C2)COC(=O)[C@@]3(CC)OC(=O)[C@@H](NC(=O)[C@@H]1CCCN1C(=O)[C@H](CC(=O)OCC[N+](C)(C)C)NC(=O)CCOCCOCCOCCNC(=O)OC(C)(C)C)C(C)C. The Balaban J connectivity index is 1.09. The zero-order valence-electron chi connectivity index (χ0n) is 46.3. The summed E-state index contributed by atoms with van der Waals surface area (Å²) in [6, 6.07) is 5.61. The molecule has 1 saturated heterocycles. The number of likely N-dealkylation sites (N-methyl/N-ethyl adjacent to an activating group) is 1. The minimum absolute atomic E-state index is 0.0253. The Morgan fingerprint density at radius 1 is 0.909 bits per heavy atom. The molecule has 1 fully saturated rings. The van der Waals surface area contributed by atoms with Gasteiger partial charge in [0.15, 0.2) is 0 Å². The molecule has 22 heteroatoms. The summed E-state index contributed by atoms with van der Waals surface area (Å²) in [5, 5.41) is 9.02. The summed E-state index contributed by atoms with van der Waals surface area (Å²) in [5.41, 5.74) is 1.11. The van der Waals surface area contributed by atoms with Gasteiger partial charge in [0, 0.05) is 36.0 Å². The molecule has 0 saturated carbocycles. The highest BCUT2D eigenvalue weighted by molar-refractivity contribution is 5.96. The van der Waals surface area contributed by atoms with Gasteiger partial charge in [0.1, 0.15) is 43.5 Å². The number of pyridine rings is 2. The van der Waals surface area contributed by atoms with Gasteiger partial charge in [-0.2, -0.15) is 0 Å². The second-order valence-corrected chi connectivity index (χ2v) is 21.8. The van der Waals surface area contributed by atoms with Crippen LogP contribution >= 0.6 is 0 Å². The number of ether oxygens (including phenoxy) is 7. The Bertz CT molecular complexity index is 2710. The van der Waals surface area contributed by atoms with Gasteiger partial charge in [-0.1, -0.05) is 45.9 Å². The molecule has 22 nitrogen and oxygen atoms in total. The Kier molecular flexibility index (Phi) is 20.4. The van der Waals surface area contributed by atoms with E-state index in [1.54, 1.807) is 52.2 Å². The number of amides is 4. The van der Waals surface area contributed by atoms with Gasteiger partial charge in [-0.05, 0) is 70.1 Å². The number of alkyl carbamates (subject to hydrolysis) is 1. The molecule has 0 radical (unpaired) electrons. The summed E-state index contributed by atoms with van der Waals surface area (Å²) < 4.78 is 41.1. The minimum atomic E-state index is -2.05.